The fraction of sp³-hybridized carbons (Fsp3) is 1.00. The van der Waals surface area contributed by atoms with Crippen molar-refractivity contribution >= 4 is 12.6 Å². The van der Waals surface area contributed by atoms with Crippen LogP contribution in [0.3, 0.4) is 0 Å². The van der Waals surface area contributed by atoms with Gasteiger partial charge in [0.1, 0.15) is 0 Å². The summed E-state index contributed by atoms with van der Waals surface area (Å²) in [6.45, 7) is 1.56. The molecule has 0 aromatic rings. The van der Waals surface area contributed by atoms with Crippen molar-refractivity contribution in [2.75, 3.05) is 5.75 Å². The third-order valence-corrected chi connectivity index (χ3v) is 0.704. The summed E-state index contributed by atoms with van der Waals surface area (Å²) in [5, 5.41) is 9.79. The zero-order chi connectivity index (χ0) is 4.28. The smallest absolute Gasteiger partial charge is 0.1000 e. The van der Waals surface area contributed by atoms with E-state index in [1.807, 2.05) is 0 Å². The summed E-state index contributed by atoms with van der Waals surface area (Å²) in [5.74, 6) is 0.333. The molecule has 0 aromatic carbocycles. The SMILES string of the molecule is CC([O])C[S]. The molecule has 0 rings (SSSR count). The van der Waals surface area contributed by atoms with Crippen molar-refractivity contribution in [1.29, 1.82) is 0 Å². The van der Waals surface area contributed by atoms with E-state index in [4.69, 9.17) is 0 Å². The monoisotopic (exact) mass is 90.0 g/mol. The second-order valence-corrected chi connectivity index (χ2v) is 1.31. The molecule has 30 valence electrons. The van der Waals surface area contributed by atoms with E-state index in [0.29, 0.717) is 5.75 Å². The van der Waals surface area contributed by atoms with Gasteiger partial charge in [-0.2, -0.15) is 0 Å². The summed E-state index contributed by atoms with van der Waals surface area (Å²) >= 11 is 4.36. The highest BCUT2D eigenvalue weighted by molar-refractivity contribution is 7.80. The van der Waals surface area contributed by atoms with Crippen molar-refractivity contribution in [3.8, 4) is 0 Å². The second-order valence-electron chi connectivity index (χ2n) is 0.977. The molecule has 1 unspecified atom stereocenters. The molecule has 5 heavy (non-hydrogen) atoms. The molecule has 0 bridgehead atoms. The molecule has 2 radical (unpaired) electrons. The predicted octanol–water partition coefficient (Wildman–Crippen LogP) is 1.00. The van der Waals surface area contributed by atoms with E-state index in [1.165, 1.54) is 0 Å². The Morgan fingerprint density at radius 3 is 2.20 bits per heavy atom. The van der Waals surface area contributed by atoms with Gasteiger partial charge in [-0.15, -0.1) is 0 Å². The van der Waals surface area contributed by atoms with Gasteiger partial charge in [-0.05, 0) is 6.92 Å². The summed E-state index contributed by atoms with van der Waals surface area (Å²) in [6.07, 6.45) is -0.551. The largest absolute Gasteiger partial charge is 0.232 e. The molecule has 1 nitrogen and oxygen atoms in total. The van der Waals surface area contributed by atoms with Crippen molar-refractivity contribution in [1.82, 2.24) is 0 Å². The van der Waals surface area contributed by atoms with Crippen LogP contribution in [0, 0.1) is 0 Å². The number of rotatable bonds is 1. The molecule has 0 amide bonds. The minimum atomic E-state index is -0.551. The van der Waals surface area contributed by atoms with Crippen LogP contribution in [0.5, 0.6) is 0 Å². The maximum absolute atomic E-state index is 9.79. The summed E-state index contributed by atoms with van der Waals surface area (Å²) in [6, 6.07) is 0. The normalized spacial score (nSPS) is 15.0. The van der Waals surface area contributed by atoms with Crippen LogP contribution >= 0.6 is 12.6 Å². The Kier molecular flexibility index (Phi) is 2.70. The van der Waals surface area contributed by atoms with Crippen molar-refractivity contribution in [3.63, 3.8) is 0 Å². The van der Waals surface area contributed by atoms with Gasteiger partial charge in [-0.25, -0.2) is 5.11 Å². The van der Waals surface area contributed by atoms with E-state index in [9.17, 15) is 5.11 Å². The van der Waals surface area contributed by atoms with Crippen LogP contribution in [-0.4, -0.2) is 11.9 Å². The van der Waals surface area contributed by atoms with Crippen LogP contribution in [-0.2, 0) is 5.11 Å². The molecule has 0 fully saturated rings. The highest BCUT2D eigenvalue weighted by Gasteiger charge is 1.86. The first kappa shape index (κ1) is 5.31. The van der Waals surface area contributed by atoms with Gasteiger partial charge < -0.3 is 0 Å². The van der Waals surface area contributed by atoms with Crippen LogP contribution in [0.15, 0.2) is 0 Å². The summed E-state index contributed by atoms with van der Waals surface area (Å²) < 4.78 is 0. The molecule has 1 atom stereocenters. The van der Waals surface area contributed by atoms with Crippen molar-refractivity contribution in [2.24, 2.45) is 0 Å². The van der Waals surface area contributed by atoms with Crippen molar-refractivity contribution in [3.05, 3.63) is 0 Å². The fourth-order valence-corrected chi connectivity index (χ4v) is 0. The molecular weight excluding hydrogens is 84.1 g/mol. The van der Waals surface area contributed by atoms with Crippen molar-refractivity contribution < 1.29 is 5.11 Å². The minimum absolute atomic E-state index is 0.333. The van der Waals surface area contributed by atoms with Crippen LogP contribution in [0.2, 0.25) is 0 Å². The lowest BCUT2D eigenvalue weighted by atomic mass is 10.5. The Bertz CT molecular complexity index is 20.9. The molecule has 0 heterocycles. The summed E-state index contributed by atoms with van der Waals surface area (Å²) in [7, 11) is 0. The summed E-state index contributed by atoms with van der Waals surface area (Å²) in [4.78, 5) is 0. The molecule has 0 aliphatic carbocycles. The second kappa shape index (κ2) is 2.54. The lowest BCUT2D eigenvalue weighted by Gasteiger charge is -1.84. The zero-order valence-electron chi connectivity index (χ0n) is 3.10. The van der Waals surface area contributed by atoms with E-state index in [2.05, 4.69) is 12.6 Å². The molecule has 0 saturated heterocycles. The van der Waals surface area contributed by atoms with E-state index in [1.54, 1.807) is 6.92 Å². The van der Waals surface area contributed by atoms with Gasteiger partial charge in [0.25, 0.3) is 0 Å². The Morgan fingerprint density at radius 1 is 2.00 bits per heavy atom. The fourth-order valence-electron chi connectivity index (χ4n) is 0. The van der Waals surface area contributed by atoms with Gasteiger partial charge in [0, 0.05) is 5.75 Å². The van der Waals surface area contributed by atoms with E-state index >= 15 is 0 Å². The standard InChI is InChI=1S/C3H6OS/c1-3(4)2-5/h3H,2H2,1H3. The molecular formula is C3H6OS. The molecule has 0 N–H and O–H groups in total. The van der Waals surface area contributed by atoms with Crippen LogP contribution < -0.4 is 0 Å². The topological polar surface area (TPSA) is 19.9 Å². The van der Waals surface area contributed by atoms with E-state index in [-0.39, 0.29) is 0 Å². The first-order valence-corrected chi connectivity index (χ1v) is 2.09. The third-order valence-electron chi connectivity index (χ3n) is 0.235. The third kappa shape index (κ3) is 4.31. The molecule has 0 aromatic heterocycles. The molecule has 0 aliphatic rings. The van der Waals surface area contributed by atoms with Gasteiger partial charge in [-0.1, -0.05) is 12.6 Å². The minimum Gasteiger partial charge on any atom is -0.232 e. The maximum Gasteiger partial charge on any atom is 0.1000 e. The zero-order valence-corrected chi connectivity index (χ0v) is 3.92. The van der Waals surface area contributed by atoms with Gasteiger partial charge >= 0.3 is 0 Å². The Labute approximate surface area is 37.4 Å². The Hall–Kier alpha value is 0.310. The van der Waals surface area contributed by atoms with Crippen molar-refractivity contribution in [2.45, 2.75) is 13.0 Å². The first-order chi connectivity index (χ1) is 2.27. The average Bonchev–Trinajstić information content (AvgIpc) is 1.38. The lowest BCUT2D eigenvalue weighted by molar-refractivity contribution is 0.126. The maximum atomic E-state index is 9.79. The van der Waals surface area contributed by atoms with Gasteiger partial charge in [0.15, 0.2) is 0 Å². The van der Waals surface area contributed by atoms with Crippen LogP contribution in [0.1, 0.15) is 6.92 Å². The number of hydrogen-bond donors (Lipinski definition) is 0. The lowest BCUT2D eigenvalue weighted by Crippen LogP contribution is -1.96. The molecule has 0 aliphatic heterocycles. The quantitative estimate of drug-likeness (QED) is 0.458. The molecule has 2 heteroatoms. The van der Waals surface area contributed by atoms with Gasteiger partial charge in [-0.3, -0.25) is 0 Å². The highest BCUT2D eigenvalue weighted by atomic mass is 32.1. The predicted molar refractivity (Wildman–Crippen MR) is 22.6 cm³/mol. The van der Waals surface area contributed by atoms with Gasteiger partial charge in [0.2, 0.25) is 0 Å². The van der Waals surface area contributed by atoms with Crippen LogP contribution in [0.25, 0.3) is 0 Å². The summed E-state index contributed by atoms with van der Waals surface area (Å²) in [5.41, 5.74) is 0. The number of hydrogen-bond acceptors (Lipinski definition) is 0. The molecule has 0 spiro atoms. The highest BCUT2D eigenvalue weighted by Crippen LogP contribution is 1.80. The average molecular weight is 90.1 g/mol. The van der Waals surface area contributed by atoms with E-state index in [0.717, 1.165) is 0 Å². The van der Waals surface area contributed by atoms with E-state index < -0.39 is 6.10 Å². The molecule has 0 saturated carbocycles. The van der Waals surface area contributed by atoms with Gasteiger partial charge in [0.05, 0.1) is 6.10 Å². The van der Waals surface area contributed by atoms with Crippen LogP contribution in [0.4, 0.5) is 0 Å². The first-order valence-electron chi connectivity index (χ1n) is 1.51. The Morgan fingerprint density at radius 2 is 2.20 bits per heavy atom. The Balaban J connectivity index is 2.54.